The van der Waals surface area contributed by atoms with Crippen LogP contribution in [0.1, 0.15) is 24.8 Å². The molecule has 138 valence electrons. The minimum absolute atomic E-state index is 0.0820. The second-order valence-corrected chi connectivity index (χ2v) is 7.58. The molecule has 2 fully saturated rings. The van der Waals surface area contributed by atoms with Crippen LogP contribution in [0, 0.1) is 5.92 Å². The highest BCUT2D eigenvalue weighted by Crippen LogP contribution is 2.34. The number of rotatable bonds is 5. The summed E-state index contributed by atoms with van der Waals surface area (Å²) in [5.74, 6) is 0.316. The van der Waals surface area contributed by atoms with Crippen LogP contribution >= 0.6 is 11.6 Å². The average molecular weight is 367 g/mol. The molecule has 1 aromatic carbocycles. The van der Waals surface area contributed by atoms with Crippen molar-refractivity contribution in [1.82, 2.24) is 9.80 Å². The zero-order valence-electron chi connectivity index (χ0n) is 14.8. The average Bonchev–Trinajstić information content (AvgIpc) is 3.09. The fourth-order valence-electron chi connectivity index (χ4n) is 3.86. The number of amides is 1. The Hall–Kier alpha value is -1.14. The molecular formula is C19H27ClN2O3. The van der Waals surface area contributed by atoms with Gasteiger partial charge >= 0.3 is 0 Å². The molecule has 0 spiro atoms. The Labute approximate surface area is 154 Å². The number of carbonyl (C=O) groups excluding carboxylic acids is 1. The van der Waals surface area contributed by atoms with E-state index in [9.17, 15) is 9.90 Å². The van der Waals surface area contributed by atoms with Gasteiger partial charge in [-0.15, -0.1) is 0 Å². The first-order valence-corrected chi connectivity index (χ1v) is 9.38. The number of hydrogen-bond donors (Lipinski definition) is 1. The second kappa shape index (κ2) is 8.04. The third-order valence-electron chi connectivity index (χ3n) is 5.52. The van der Waals surface area contributed by atoms with Gasteiger partial charge in [-0.05, 0) is 43.5 Å². The minimum Gasteiger partial charge on any atom is -0.385 e. The van der Waals surface area contributed by atoms with Crippen LogP contribution in [0.25, 0.3) is 0 Å². The molecule has 1 aromatic rings. The highest BCUT2D eigenvalue weighted by molar-refractivity contribution is 6.30. The van der Waals surface area contributed by atoms with Crippen molar-refractivity contribution in [2.45, 2.75) is 24.9 Å². The lowest BCUT2D eigenvalue weighted by Gasteiger charge is -2.39. The van der Waals surface area contributed by atoms with E-state index in [0.29, 0.717) is 37.6 Å². The number of halogens is 1. The molecule has 0 bridgehead atoms. The number of piperidine rings is 1. The summed E-state index contributed by atoms with van der Waals surface area (Å²) in [6, 6.07) is 7.37. The lowest BCUT2D eigenvalue weighted by molar-refractivity contribution is -0.139. The van der Waals surface area contributed by atoms with Gasteiger partial charge in [0.1, 0.15) is 0 Å². The smallest absolute Gasteiger partial charge is 0.227 e. The molecule has 0 aliphatic carbocycles. The molecule has 2 heterocycles. The van der Waals surface area contributed by atoms with E-state index in [-0.39, 0.29) is 11.8 Å². The Bertz CT molecular complexity index is 585. The summed E-state index contributed by atoms with van der Waals surface area (Å²) < 4.78 is 5.12. The van der Waals surface area contributed by atoms with Crippen molar-refractivity contribution in [1.29, 1.82) is 0 Å². The highest BCUT2D eigenvalue weighted by Gasteiger charge is 2.38. The van der Waals surface area contributed by atoms with E-state index in [2.05, 4.69) is 4.90 Å². The molecule has 2 saturated heterocycles. The molecule has 0 unspecified atom stereocenters. The summed E-state index contributed by atoms with van der Waals surface area (Å²) in [6.07, 6.45) is 2.06. The predicted molar refractivity (Wildman–Crippen MR) is 97.6 cm³/mol. The summed E-state index contributed by atoms with van der Waals surface area (Å²) in [7, 11) is 1.70. The van der Waals surface area contributed by atoms with Crippen molar-refractivity contribution >= 4 is 17.5 Å². The Morgan fingerprint density at radius 1 is 1.28 bits per heavy atom. The van der Waals surface area contributed by atoms with Gasteiger partial charge in [-0.25, -0.2) is 0 Å². The number of carbonyl (C=O) groups is 1. The van der Waals surface area contributed by atoms with Gasteiger partial charge in [0.2, 0.25) is 5.91 Å². The van der Waals surface area contributed by atoms with E-state index in [1.54, 1.807) is 19.2 Å². The predicted octanol–water partition coefficient (Wildman–Crippen LogP) is 2.12. The zero-order valence-corrected chi connectivity index (χ0v) is 15.5. The van der Waals surface area contributed by atoms with Crippen molar-refractivity contribution in [2.24, 2.45) is 5.92 Å². The number of hydrogen-bond acceptors (Lipinski definition) is 4. The first kappa shape index (κ1) is 18.6. The summed E-state index contributed by atoms with van der Waals surface area (Å²) >= 11 is 5.93. The van der Waals surface area contributed by atoms with Gasteiger partial charge in [0.05, 0.1) is 18.1 Å². The number of benzene rings is 1. The molecular weight excluding hydrogens is 340 g/mol. The molecule has 1 N–H and O–H groups in total. The lowest BCUT2D eigenvalue weighted by Crippen LogP contribution is -2.47. The van der Waals surface area contributed by atoms with Gasteiger partial charge in [0.25, 0.3) is 0 Å². The summed E-state index contributed by atoms with van der Waals surface area (Å²) in [5, 5.41) is 11.6. The third kappa shape index (κ3) is 4.34. The molecule has 1 amide bonds. The van der Waals surface area contributed by atoms with Gasteiger partial charge < -0.3 is 19.6 Å². The molecule has 25 heavy (non-hydrogen) atoms. The fraction of sp³-hybridized carbons (Fsp3) is 0.632. The van der Waals surface area contributed by atoms with Gasteiger partial charge in [-0.1, -0.05) is 23.7 Å². The maximum atomic E-state index is 12.8. The van der Waals surface area contributed by atoms with E-state index in [1.165, 1.54) is 0 Å². The van der Waals surface area contributed by atoms with Crippen molar-refractivity contribution in [3.8, 4) is 0 Å². The molecule has 2 aliphatic rings. The SMILES string of the molecule is COCCN1CC[C@@H](C(=O)N2CCC(O)(c3ccc(Cl)cc3)CC2)C1. The van der Waals surface area contributed by atoms with E-state index >= 15 is 0 Å². The fourth-order valence-corrected chi connectivity index (χ4v) is 3.99. The van der Waals surface area contributed by atoms with Crippen LogP contribution in [-0.4, -0.2) is 67.3 Å². The summed E-state index contributed by atoms with van der Waals surface area (Å²) in [6.45, 7) is 4.58. The Kier molecular flexibility index (Phi) is 6.00. The maximum Gasteiger partial charge on any atom is 0.227 e. The molecule has 6 heteroatoms. The summed E-state index contributed by atoms with van der Waals surface area (Å²) in [5.41, 5.74) is 0.0252. The number of methoxy groups -OCH3 is 1. The van der Waals surface area contributed by atoms with E-state index in [1.807, 2.05) is 17.0 Å². The number of ether oxygens (including phenoxy) is 1. The minimum atomic E-state index is -0.860. The van der Waals surface area contributed by atoms with Gasteiger partial charge in [-0.2, -0.15) is 0 Å². The quantitative estimate of drug-likeness (QED) is 0.867. The van der Waals surface area contributed by atoms with Crippen molar-refractivity contribution < 1.29 is 14.6 Å². The van der Waals surface area contributed by atoms with Crippen LogP contribution in [0.5, 0.6) is 0 Å². The van der Waals surface area contributed by atoms with Gasteiger partial charge in [-0.3, -0.25) is 4.79 Å². The molecule has 1 atom stereocenters. The molecule has 0 aromatic heterocycles. The van der Waals surface area contributed by atoms with E-state index in [0.717, 1.165) is 31.6 Å². The number of nitrogens with zero attached hydrogens (tertiary/aromatic N) is 2. The van der Waals surface area contributed by atoms with Gasteiger partial charge in [0, 0.05) is 38.3 Å². The highest BCUT2D eigenvalue weighted by atomic mass is 35.5. The van der Waals surface area contributed by atoms with Crippen LogP contribution < -0.4 is 0 Å². The van der Waals surface area contributed by atoms with Crippen LogP contribution in [-0.2, 0) is 15.1 Å². The van der Waals surface area contributed by atoms with Crippen molar-refractivity contribution in [2.75, 3.05) is 46.4 Å². The second-order valence-electron chi connectivity index (χ2n) is 7.14. The van der Waals surface area contributed by atoms with Crippen LogP contribution in [0.4, 0.5) is 0 Å². The molecule has 0 radical (unpaired) electrons. The monoisotopic (exact) mass is 366 g/mol. The lowest BCUT2D eigenvalue weighted by atomic mass is 9.84. The first-order chi connectivity index (χ1) is 12.0. The first-order valence-electron chi connectivity index (χ1n) is 9.00. The number of likely N-dealkylation sites (tertiary alicyclic amines) is 2. The normalized spacial score (nSPS) is 23.8. The van der Waals surface area contributed by atoms with Crippen LogP contribution in [0.15, 0.2) is 24.3 Å². The van der Waals surface area contributed by atoms with E-state index in [4.69, 9.17) is 16.3 Å². The van der Waals surface area contributed by atoms with Gasteiger partial charge in [0.15, 0.2) is 0 Å². The molecule has 3 rings (SSSR count). The van der Waals surface area contributed by atoms with E-state index < -0.39 is 5.60 Å². The maximum absolute atomic E-state index is 12.8. The van der Waals surface area contributed by atoms with Crippen LogP contribution in [0.3, 0.4) is 0 Å². The molecule has 2 aliphatic heterocycles. The standard InChI is InChI=1S/C19H27ClN2O3/c1-25-13-12-21-9-6-15(14-21)18(23)22-10-7-19(24,8-11-22)16-2-4-17(20)5-3-16/h2-5,15,24H,6-14H2,1H3/t15-/m1/s1. The Morgan fingerprint density at radius 2 is 1.96 bits per heavy atom. The Balaban J connectivity index is 1.53. The molecule has 5 nitrogen and oxygen atoms in total. The van der Waals surface area contributed by atoms with Crippen LogP contribution in [0.2, 0.25) is 5.02 Å². The zero-order chi connectivity index (χ0) is 17.9. The molecule has 0 saturated carbocycles. The largest absolute Gasteiger partial charge is 0.385 e. The summed E-state index contributed by atoms with van der Waals surface area (Å²) in [4.78, 5) is 17.0. The Morgan fingerprint density at radius 3 is 2.60 bits per heavy atom. The topological polar surface area (TPSA) is 53.0 Å². The third-order valence-corrected chi connectivity index (χ3v) is 5.77. The number of aliphatic hydroxyl groups is 1. The van der Waals surface area contributed by atoms with Crippen molar-refractivity contribution in [3.05, 3.63) is 34.9 Å². The van der Waals surface area contributed by atoms with Crippen molar-refractivity contribution in [3.63, 3.8) is 0 Å².